The normalized spacial score (nSPS) is 23.8. The van der Waals surface area contributed by atoms with E-state index in [2.05, 4.69) is 30.1 Å². The van der Waals surface area contributed by atoms with E-state index in [-0.39, 0.29) is 18.1 Å². The maximum Gasteiger partial charge on any atom is 0.0647 e. The predicted octanol–water partition coefficient (Wildman–Crippen LogP) is 2.14. The number of nitrogens with zero attached hydrogens (tertiary/aromatic N) is 1. The lowest BCUT2D eigenvalue weighted by molar-refractivity contribution is 0.258. The molecule has 0 spiro atoms. The second-order valence-corrected chi connectivity index (χ2v) is 6.18. The molecule has 1 saturated heterocycles. The highest BCUT2D eigenvalue weighted by Gasteiger charge is 2.30. The van der Waals surface area contributed by atoms with E-state index in [0.717, 1.165) is 30.3 Å². The highest BCUT2D eigenvalue weighted by atomic mass is 35.5. The van der Waals surface area contributed by atoms with Crippen LogP contribution in [0.1, 0.15) is 13.8 Å². The van der Waals surface area contributed by atoms with Gasteiger partial charge >= 0.3 is 0 Å². The standard InChI is InChI=1S/C14H21ClN2O/c1-14(2)9-16-7-13(8-18)17(10-14)12-5-3-4-11(15)6-12/h3-6,13,16,18H,7-10H2,1-2H3. The number of nitrogens with one attached hydrogen (secondary N) is 1. The summed E-state index contributed by atoms with van der Waals surface area (Å²) in [7, 11) is 0. The summed E-state index contributed by atoms with van der Waals surface area (Å²) in [4.78, 5) is 2.26. The Kier molecular flexibility index (Phi) is 4.15. The Balaban J connectivity index is 2.30. The van der Waals surface area contributed by atoms with E-state index >= 15 is 0 Å². The lowest BCUT2D eigenvalue weighted by Crippen LogP contribution is -2.44. The van der Waals surface area contributed by atoms with Crippen molar-refractivity contribution in [1.82, 2.24) is 5.32 Å². The van der Waals surface area contributed by atoms with Gasteiger partial charge in [-0.05, 0) is 23.6 Å². The molecular weight excluding hydrogens is 248 g/mol. The van der Waals surface area contributed by atoms with Gasteiger partial charge in [0.1, 0.15) is 0 Å². The summed E-state index contributed by atoms with van der Waals surface area (Å²) in [6.45, 7) is 7.28. The minimum atomic E-state index is 0.102. The van der Waals surface area contributed by atoms with E-state index in [4.69, 9.17) is 11.6 Å². The molecule has 0 saturated carbocycles. The molecule has 1 atom stereocenters. The van der Waals surface area contributed by atoms with Gasteiger partial charge in [-0.2, -0.15) is 0 Å². The van der Waals surface area contributed by atoms with Gasteiger partial charge in [-0.25, -0.2) is 0 Å². The molecule has 1 unspecified atom stereocenters. The summed E-state index contributed by atoms with van der Waals surface area (Å²) in [6.07, 6.45) is 0. The Morgan fingerprint density at radius 2 is 2.28 bits per heavy atom. The van der Waals surface area contributed by atoms with Crippen LogP contribution in [0.15, 0.2) is 24.3 Å². The first-order chi connectivity index (χ1) is 8.52. The molecule has 0 bridgehead atoms. The summed E-state index contributed by atoms with van der Waals surface area (Å²) in [6, 6.07) is 7.95. The van der Waals surface area contributed by atoms with Crippen molar-refractivity contribution in [1.29, 1.82) is 0 Å². The molecule has 1 heterocycles. The van der Waals surface area contributed by atoms with Crippen LogP contribution < -0.4 is 10.2 Å². The first kappa shape index (κ1) is 13.7. The van der Waals surface area contributed by atoms with Gasteiger partial charge in [0.2, 0.25) is 0 Å². The maximum absolute atomic E-state index is 9.57. The van der Waals surface area contributed by atoms with Crippen molar-refractivity contribution >= 4 is 17.3 Å². The Labute approximate surface area is 114 Å². The molecule has 4 heteroatoms. The molecule has 18 heavy (non-hydrogen) atoms. The smallest absolute Gasteiger partial charge is 0.0647 e. The molecule has 2 N–H and O–H groups in total. The second kappa shape index (κ2) is 5.47. The highest BCUT2D eigenvalue weighted by molar-refractivity contribution is 6.30. The van der Waals surface area contributed by atoms with Crippen LogP contribution in [0.5, 0.6) is 0 Å². The number of hydrogen-bond acceptors (Lipinski definition) is 3. The number of aliphatic hydroxyl groups is 1. The average Bonchev–Trinajstić information content (AvgIpc) is 2.47. The molecule has 100 valence electrons. The van der Waals surface area contributed by atoms with E-state index in [1.807, 2.05) is 18.2 Å². The number of rotatable bonds is 2. The topological polar surface area (TPSA) is 35.5 Å². The van der Waals surface area contributed by atoms with Crippen LogP contribution in [-0.2, 0) is 0 Å². The van der Waals surface area contributed by atoms with Crippen molar-refractivity contribution < 1.29 is 5.11 Å². The van der Waals surface area contributed by atoms with Crippen molar-refractivity contribution in [2.45, 2.75) is 19.9 Å². The Morgan fingerprint density at radius 3 is 2.94 bits per heavy atom. The van der Waals surface area contributed by atoms with E-state index < -0.39 is 0 Å². The van der Waals surface area contributed by atoms with Crippen LogP contribution in [0.3, 0.4) is 0 Å². The summed E-state index contributed by atoms with van der Waals surface area (Å²) < 4.78 is 0. The number of aliphatic hydroxyl groups excluding tert-OH is 1. The molecule has 1 aliphatic heterocycles. The van der Waals surface area contributed by atoms with Gasteiger partial charge in [-0.15, -0.1) is 0 Å². The molecule has 0 aliphatic carbocycles. The van der Waals surface area contributed by atoms with Crippen LogP contribution in [0.25, 0.3) is 0 Å². The van der Waals surface area contributed by atoms with E-state index in [1.54, 1.807) is 0 Å². The van der Waals surface area contributed by atoms with E-state index in [0.29, 0.717) is 0 Å². The van der Waals surface area contributed by atoms with Crippen molar-refractivity contribution in [3.05, 3.63) is 29.3 Å². The largest absolute Gasteiger partial charge is 0.394 e. The zero-order chi connectivity index (χ0) is 13.2. The van der Waals surface area contributed by atoms with Crippen LogP contribution >= 0.6 is 11.6 Å². The summed E-state index contributed by atoms with van der Waals surface area (Å²) >= 11 is 6.06. The first-order valence-corrected chi connectivity index (χ1v) is 6.73. The van der Waals surface area contributed by atoms with Gasteiger partial charge in [0, 0.05) is 30.3 Å². The molecule has 1 aromatic rings. The Hall–Kier alpha value is -0.770. The zero-order valence-electron chi connectivity index (χ0n) is 11.0. The monoisotopic (exact) mass is 268 g/mol. The number of halogens is 1. The molecular formula is C14H21ClN2O. The molecule has 1 aromatic carbocycles. The van der Waals surface area contributed by atoms with Crippen LogP contribution in [-0.4, -0.2) is 37.4 Å². The van der Waals surface area contributed by atoms with Gasteiger partial charge in [0.15, 0.2) is 0 Å². The van der Waals surface area contributed by atoms with E-state index in [1.165, 1.54) is 0 Å². The summed E-state index contributed by atoms with van der Waals surface area (Å²) in [5.74, 6) is 0. The van der Waals surface area contributed by atoms with Crippen LogP contribution in [0.2, 0.25) is 5.02 Å². The molecule has 1 fully saturated rings. The maximum atomic E-state index is 9.57. The van der Waals surface area contributed by atoms with E-state index in [9.17, 15) is 5.11 Å². The van der Waals surface area contributed by atoms with Crippen LogP contribution in [0, 0.1) is 5.41 Å². The molecule has 3 nitrogen and oxygen atoms in total. The van der Waals surface area contributed by atoms with Crippen molar-refractivity contribution in [2.75, 3.05) is 31.1 Å². The molecule has 0 aromatic heterocycles. The minimum absolute atomic E-state index is 0.102. The molecule has 0 radical (unpaired) electrons. The Bertz CT molecular complexity index is 409. The third-order valence-electron chi connectivity index (χ3n) is 3.37. The van der Waals surface area contributed by atoms with Crippen molar-refractivity contribution in [3.63, 3.8) is 0 Å². The minimum Gasteiger partial charge on any atom is -0.394 e. The fourth-order valence-corrected chi connectivity index (χ4v) is 2.64. The molecule has 2 rings (SSSR count). The highest BCUT2D eigenvalue weighted by Crippen LogP contribution is 2.27. The second-order valence-electron chi connectivity index (χ2n) is 5.74. The number of benzene rings is 1. The van der Waals surface area contributed by atoms with Gasteiger partial charge in [-0.3, -0.25) is 0 Å². The van der Waals surface area contributed by atoms with Crippen molar-refractivity contribution in [2.24, 2.45) is 5.41 Å². The lowest BCUT2D eigenvalue weighted by atomic mass is 9.93. The number of hydrogen-bond donors (Lipinski definition) is 2. The van der Waals surface area contributed by atoms with Crippen molar-refractivity contribution in [3.8, 4) is 0 Å². The quantitative estimate of drug-likeness (QED) is 0.863. The van der Waals surface area contributed by atoms with Gasteiger partial charge < -0.3 is 15.3 Å². The zero-order valence-corrected chi connectivity index (χ0v) is 11.7. The lowest BCUT2D eigenvalue weighted by Gasteiger charge is -2.35. The van der Waals surface area contributed by atoms with Gasteiger partial charge in [-0.1, -0.05) is 31.5 Å². The molecule has 0 amide bonds. The SMILES string of the molecule is CC1(C)CNCC(CO)N(c2cccc(Cl)c2)C1. The number of anilines is 1. The van der Waals surface area contributed by atoms with Gasteiger partial charge in [0.05, 0.1) is 12.6 Å². The Morgan fingerprint density at radius 1 is 1.50 bits per heavy atom. The van der Waals surface area contributed by atoms with Crippen LogP contribution in [0.4, 0.5) is 5.69 Å². The summed E-state index contributed by atoms with van der Waals surface area (Å²) in [5, 5.41) is 13.7. The predicted molar refractivity (Wildman–Crippen MR) is 76.3 cm³/mol. The fraction of sp³-hybridized carbons (Fsp3) is 0.571. The average molecular weight is 269 g/mol. The third-order valence-corrected chi connectivity index (χ3v) is 3.61. The molecule has 1 aliphatic rings. The summed E-state index contributed by atoms with van der Waals surface area (Å²) in [5.41, 5.74) is 1.25. The van der Waals surface area contributed by atoms with Gasteiger partial charge in [0.25, 0.3) is 0 Å². The third kappa shape index (κ3) is 3.16. The first-order valence-electron chi connectivity index (χ1n) is 6.36. The fourth-order valence-electron chi connectivity index (χ4n) is 2.45.